The third-order valence-corrected chi connectivity index (χ3v) is 2.75. The highest BCUT2D eigenvalue weighted by atomic mass is 16.5. The van der Waals surface area contributed by atoms with Crippen LogP contribution in [0.3, 0.4) is 0 Å². The van der Waals surface area contributed by atoms with E-state index in [1.807, 2.05) is 0 Å². The molecule has 2 rings (SSSR count). The molecule has 118 valence electrons. The summed E-state index contributed by atoms with van der Waals surface area (Å²) in [5.74, 6) is -2.93. The molecule has 23 heavy (non-hydrogen) atoms. The van der Waals surface area contributed by atoms with Gasteiger partial charge in [0, 0.05) is 13.0 Å². The Morgan fingerprint density at radius 2 is 1.61 bits per heavy atom. The van der Waals surface area contributed by atoms with Crippen molar-refractivity contribution in [3.05, 3.63) is 53.6 Å². The van der Waals surface area contributed by atoms with E-state index in [9.17, 15) is 19.5 Å². The molecule has 2 aromatic rings. The Morgan fingerprint density at radius 1 is 0.957 bits per heavy atom. The number of esters is 2. The fraction of sp³-hybridized carbons (Fsp3) is 0.0625. The van der Waals surface area contributed by atoms with E-state index in [4.69, 9.17) is 14.6 Å². The summed E-state index contributed by atoms with van der Waals surface area (Å²) in [4.78, 5) is 34.2. The fourth-order valence-corrected chi connectivity index (χ4v) is 1.75. The predicted molar refractivity (Wildman–Crippen MR) is 77.8 cm³/mol. The molecule has 0 unspecified atom stereocenters. The quantitative estimate of drug-likeness (QED) is 0.657. The molecule has 0 bridgehead atoms. The summed E-state index contributed by atoms with van der Waals surface area (Å²) < 4.78 is 9.90. The first-order chi connectivity index (χ1) is 10.9. The summed E-state index contributed by atoms with van der Waals surface area (Å²) >= 11 is 0. The number of aromatic carboxylic acids is 1. The molecule has 0 atom stereocenters. The monoisotopic (exact) mass is 316 g/mol. The molecule has 0 saturated carbocycles. The van der Waals surface area contributed by atoms with Gasteiger partial charge in [-0.1, -0.05) is 0 Å². The second-order valence-corrected chi connectivity index (χ2v) is 4.49. The zero-order valence-electron chi connectivity index (χ0n) is 12.0. The number of carbonyl (C=O) groups is 3. The smallest absolute Gasteiger partial charge is 0.343 e. The van der Waals surface area contributed by atoms with Gasteiger partial charge in [-0.2, -0.15) is 0 Å². The van der Waals surface area contributed by atoms with Crippen LogP contribution in [0.15, 0.2) is 42.5 Å². The van der Waals surface area contributed by atoms with E-state index in [0.29, 0.717) is 0 Å². The van der Waals surface area contributed by atoms with Crippen LogP contribution in [0, 0.1) is 0 Å². The lowest BCUT2D eigenvalue weighted by Gasteiger charge is -2.09. The lowest BCUT2D eigenvalue weighted by molar-refractivity contribution is -0.131. The molecule has 0 aromatic heterocycles. The molecule has 0 amide bonds. The van der Waals surface area contributed by atoms with Crippen LogP contribution in [0.2, 0.25) is 0 Å². The number of ether oxygens (including phenoxy) is 2. The van der Waals surface area contributed by atoms with Crippen LogP contribution < -0.4 is 9.47 Å². The van der Waals surface area contributed by atoms with Crippen molar-refractivity contribution in [2.24, 2.45) is 0 Å². The molecule has 0 fully saturated rings. The Balaban J connectivity index is 2.32. The molecule has 0 aliphatic heterocycles. The number of carboxylic acid groups (broad SMARTS) is 1. The van der Waals surface area contributed by atoms with Crippen molar-refractivity contribution in [1.82, 2.24) is 0 Å². The van der Waals surface area contributed by atoms with Gasteiger partial charge in [0.05, 0.1) is 5.56 Å². The summed E-state index contributed by atoms with van der Waals surface area (Å²) in [6.45, 7) is 1.19. The molecule has 0 aliphatic rings. The highest BCUT2D eigenvalue weighted by molar-refractivity contribution is 5.95. The minimum Gasteiger partial charge on any atom is -0.508 e. The van der Waals surface area contributed by atoms with Gasteiger partial charge in [0.2, 0.25) is 0 Å². The third kappa shape index (κ3) is 4.07. The molecule has 2 N–H and O–H groups in total. The highest BCUT2D eigenvalue weighted by Gasteiger charge is 2.17. The summed E-state index contributed by atoms with van der Waals surface area (Å²) in [6.07, 6.45) is 0. The second-order valence-electron chi connectivity index (χ2n) is 4.49. The normalized spacial score (nSPS) is 9.96. The van der Waals surface area contributed by atoms with Gasteiger partial charge in [0.1, 0.15) is 22.8 Å². The lowest BCUT2D eigenvalue weighted by Crippen LogP contribution is -2.12. The van der Waals surface area contributed by atoms with Crippen LogP contribution >= 0.6 is 0 Å². The van der Waals surface area contributed by atoms with Crippen molar-refractivity contribution in [1.29, 1.82) is 0 Å². The first-order valence-electron chi connectivity index (χ1n) is 6.44. The van der Waals surface area contributed by atoms with Crippen LogP contribution in [-0.4, -0.2) is 28.1 Å². The largest absolute Gasteiger partial charge is 0.508 e. The molecule has 0 radical (unpaired) electrons. The van der Waals surface area contributed by atoms with E-state index >= 15 is 0 Å². The molecule has 0 spiro atoms. The van der Waals surface area contributed by atoms with E-state index < -0.39 is 17.9 Å². The number of hydrogen-bond donors (Lipinski definition) is 2. The summed E-state index contributed by atoms with van der Waals surface area (Å²) in [5, 5.41) is 18.3. The predicted octanol–water partition coefficient (Wildman–Crippen LogP) is 2.23. The van der Waals surface area contributed by atoms with Gasteiger partial charge in [0.25, 0.3) is 0 Å². The van der Waals surface area contributed by atoms with Gasteiger partial charge in [-0.05, 0) is 36.4 Å². The molecule has 0 saturated heterocycles. The summed E-state index contributed by atoms with van der Waals surface area (Å²) in [6, 6.07) is 8.84. The Morgan fingerprint density at radius 3 is 2.17 bits per heavy atom. The number of carboxylic acids is 1. The standard InChI is InChI=1S/C16H12O7/c1-9(17)22-12-6-7-13(15(19)20)14(8-12)23-16(21)10-2-4-11(18)5-3-10/h2-8,18H,1H3,(H,19,20). The summed E-state index contributed by atoms with van der Waals surface area (Å²) in [5.41, 5.74) is -0.134. The first kappa shape index (κ1) is 16.0. The first-order valence-corrected chi connectivity index (χ1v) is 6.44. The van der Waals surface area contributed by atoms with Crippen molar-refractivity contribution < 1.29 is 34.1 Å². The Labute approximate surface area is 130 Å². The van der Waals surface area contributed by atoms with Gasteiger partial charge in [-0.3, -0.25) is 4.79 Å². The molecule has 0 heterocycles. The molecular formula is C16H12O7. The van der Waals surface area contributed by atoms with Gasteiger partial charge in [-0.15, -0.1) is 0 Å². The maximum Gasteiger partial charge on any atom is 0.343 e. The van der Waals surface area contributed by atoms with Crippen molar-refractivity contribution in [2.75, 3.05) is 0 Å². The SMILES string of the molecule is CC(=O)Oc1ccc(C(=O)O)c(OC(=O)c2ccc(O)cc2)c1. The van der Waals surface area contributed by atoms with Gasteiger partial charge in [0.15, 0.2) is 0 Å². The van der Waals surface area contributed by atoms with Gasteiger partial charge < -0.3 is 19.7 Å². The Hall–Kier alpha value is -3.35. The van der Waals surface area contributed by atoms with Gasteiger partial charge >= 0.3 is 17.9 Å². The van der Waals surface area contributed by atoms with Crippen molar-refractivity contribution in [3.63, 3.8) is 0 Å². The Bertz CT molecular complexity index is 762. The molecule has 7 heteroatoms. The van der Waals surface area contributed by atoms with Crippen LogP contribution in [0.25, 0.3) is 0 Å². The van der Waals surface area contributed by atoms with E-state index in [1.165, 1.54) is 43.3 Å². The van der Waals surface area contributed by atoms with E-state index in [1.54, 1.807) is 0 Å². The number of rotatable bonds is 4. The number of benzene rings is 2. The Kier molecular flexibility index (Phi) is 4.61. The molecule has 0 aliphatic carbocycles. The second kappa shape index (κ2) is 6.61. The van der Waals surface area contributed by atoms with Crippen molar-refractivity contribution >= 4 is 17.9 Å². The van der Waals surface area contributed by atoms with Gasteiger partial charge in [-0.25, -0.2) is 9.59 Å². The van der Waals surface area contributed by atoms with Crippen LogP contribution in [-0.2, 0) is 4.79 Å². The summed E-state index contributed by atoms with van der Waals surface area (Å²) in [7, 11) is 0. The number of phenols is 1. The van der Waals surface area contributed by atoms with E-state index in [0.717, 1.165) is 6.07 Å². The average molecular weight is 316 g/mol. The van der Waals surface area contributed by atoms with E-state index in [2.05, 4.69) is 0 Å². The zero-order chi connectivity index (χ0) is 17.0. The van der Waals surface area contributed by atoms with Crippen LogP contribution in [0.1, 0.15) is 27.6 Å². The maximum atomic E-state index is 12.0. The minimum atomic E-state index is -1.30. The number of hydrogen-bond acceptors (Lipinski definition) is 6. The lowest BCUT2D eigenvalue weighted by atomic mass is 10.2. The number of carbonyl (C=O) groups excluding carboxylic acids is 2. The topological polar surface area (TPSA) is 110 Å². The van der Waals surface area contributed by atoms with Crippen molar-refractivity contribution in [2.45, 2.75) is 6.92 Å². The fourth-order valence-electron chi connectivity index (χ4n) is 1.75. The average Bonchev–Trinajstić information content (AvgIpc) is 2.47. The maximum absolute atomic E-state index is 12.0. The molecule has 7 nitrogen and oxygen atoms in total. The highest BCUT2D eigenvalue weighted by Crippen LogP contribution is 2.26. The van der Waals surface area contributed by atoms with Crippen molar-refractivity contribution in [3.8, 4) is 17.2 Å². The van der Waals surface area contributed by atoms with Crippen LogP contribution in [0.5, 0.6) is 17.2 Å². The third-order valence-electron chi connectivity index (χ3n) is 2.75. The number of phenolic OH excluding ortho intramolecular Hbond substituents is 1. The number of aromatic hydroxyl groups is 1. The minimum absolute atomic E-state index is 0.0235. The molecule has 2 aromatic carbocycles. The molecular weight excluding hydrogens is 304 g/mol. The van der Waals surface area contributed by atoms with Crippen LogP contribution in [0.4, 0.5) is 0 Å². The zero-order valence-corrected chi connectivity index (χ0v) is 12.0. The van der Waals surface area contributed by atoms with E-state index in [-0.39, 0.29) is 28.4 Å².